The minimum Gasteiger partial charge on any atom is -0.497 e. The quantitative estimate of drug-likeness (QED) is 0.787. The highest BCUT2D eigenvalue weighted by Crippen LogP contribution is 2.32. The van der Waals surface area contributed by atoms with E-state index in [2.05, 4.69) is 0 Å². The Hall–Kier alpha value is -1.77. The molecule has 0 bridgehead atoms. The van der Waals surface area contributed by atoms with Crippen LogP contribution < -0.4 is 4.74 Å². The molecule has 3 heteroatoms. The second-order valence-corrected chi connectivity index (χ2v) is 5.38. The van der Waals surface area contributed by atoms with Crippen molar-refractivity contribution in [2.24, 2.45) is 13.0 Å². The summed E-state index contributed by atoms with van der Waals surface area (Å²) in [6.07, 6.45) is 6.41. The van der Waals surface area contributed by atoms with Gasteiger partial charge in [-0.3, -0.25) is 4.79 Å². The Bertz CT molecular complexity index is 621. The van der Waals surface area contributed by atoms with Crippen molar-refractivity contribution in [2.45, 2.75) is 25.7 Å². The Labute approximate surface area is 113 Å². The maximum atomic E-state index is 12.6. The Balaban J connectivity index is 2.09. The molecule has 100 valence electrons. The summed E-state index contributed by atoms with van der Waals surface area (Å²) in [7, 11) is 3.64. The van der Waals surface area contributed by atoms with Crippen LogP contribution in [0.3, 0.4) is 0 Å². The molecule has 1 aliphatic rings. The molecule has 0 radical (unpaired) electrons. The molecule has 1 fully saturated rings. The molecule has 0 saturated heterocycles. The van der Waals surface area contributed by atoms with E-state index in [9.17, 15) is 4.79 Å². The van der Waals surface area contributed by atoms with Gasteiger partial charge in [0.25, 0.3) is 0 Å². The maximum Gasteiger partial charge on any atom is 0.168 e. The fourth-order valence-corrected chi connectivity index (χ4v) is 3.10. The standard InChI is InChI=1S/C16H19NO2/c1-17-10-14(16(18)11-5-3-4-6-11)13-9-12(19-2)7-8-15(13)17/h7-11H,3-6H2,1-2H3. The van der Waals surface area contributed by atoms with Crippen molar-refractivity contribution < 1.29 is 9.53 Å². The van der Waals surface area contributed by atoms with Crippen LogP contribution in [-0.4, -0.2) is 17.5 Å². The number of carbonyl (C=O) groups is 1. The predicted octanol–water partition coefficient (Wildman–Crippen LogP) is 3.56. The zero-order chi connectivity index (χ0) is 13.4. The molecule has 0 aliphatic heterocycles. The number of Topliss-reactive ketones (excluding diaryl/α,β-unsaturated/α-hetero) is 1. The Morgan fingerprint density at radius 1 is 1.32 bits per heavy atom. The summed E-state index contributed by atoms with van der Waals surface area (Å²) in [6, 6.07) is 5.92. The minimum absolute atomic E-state index is 0.219. The van der Waals surface area contributed by atoms with Crippen LogP contribution in [0.4, 0.5) is 0 Å². The van der Waals surface area contributed by atoms with E-state index in [1.807, 2.05) is 36.0 Å². The first-order chi connectivity index (χ1) is 9.20. The largest absolute Gasteiger partial charge is 0.497 e. The molecular formula is C16H19NO2. The van der Waals surface area contributed by atoms with Gasteiger partial charge in [-0.05, 0) is 31.0 Å². The second kappa shape index (κ2) is 4.72. The summed E-state index contributed by atoms with van der Waals surface area (Å²) in [5.74, 6) is 1.33. The van der Waals surface area contributed by atoms with E-state index in [-0.39, 0.29) is 5.92 Å². The summed E-state index contributed by atoms with van der Waals surface area (Å²) in [6.45, 7) is 0. The topological polar surface area (TPSA) is 31.2 Å². The molecule has 19 heavy (non-hydrogen) atoms. The number of fused-ring (bicyclic) bond motifs is 1. The smallest absolute Gasteiger partial charge is 0.168 e. The van der Waals surface area contributed by atoms with Crippen molar-refractivity contribution >= 4 is 16.7 Å². The van der Waals surface area contributed by atoms with Crippen LogP contribution in [0.25, 0.3) is 10.9 Å². The van der Waals surface area contributed by atoms with Crippen LogP contribution in [-0.2, 0) is 7.05 Å². The fourth-order valence-electron chi connectivity index (χ4n) is 3.10. The fraction of sp³-hybridized carbons (Fsp3) is 0.438. The molecule has 1 heterocycles. The number of ether oxygens (including phenoxy) is 1. The van der Waals surface area contributed by atoms with Gasteiger partial charge in [0.1, 0.15) is 5.75 Å². The van der Waals surface area contributed by atoms with Gasteiger partial charge in [0.05, 0.1) is 7.11 Å². The number of nitrogens with zero attached hydrogens (tertiary/aromatic N) is 1. The summed E-state index contributed by atoms with van der Waals surface area (Å²) >= 11 is 0. The third-order valence-corrected chi connectivity index (χ3v) is 4.19. The van der Waals surface area contributed by atoms with E-state index < -0.39 is 0 Å². The molecule has 0 unspecified atom stereocenters. The zero-order valence-corrected chi connectivity index (χ0v) is 11.5. The van der Waals surface area contributed by atoms with E-state index in [0.29, 0.717) is 5.78 Å². The predicted molar refractivity (Wildman–Crippen MR) is 75.8 cm³/mol. The molecule has 1 aliphatic carbocycles. The van der Waals surface area contributed by atoms with E-state index in [0.717, 1.165) is 35.1 Å². The monoisotopic (exact) mass is 257 g/mol. The zero-order valence-electron chi connectivity index (χ0n) is 11.5. The molecule has 0 atom stereocenters. The lowest BCUT2D eigenvalue weighted by Crippen LogP contribution is -2.10. The van der Waals surface area contributed by atoms with Crippen molar-refractivity contribution in [3.63, 3.8) is 0 Å². The summed E-state index contributed by atoms with van der Waals surface area (Å²) in [5, 5.41) is 1.01. The molecule has 3 nitrogen and oxygen atoms in total. The van der Waals surface area contributed by atoms with Gasteiger partial charge in [-0.15, -0.1) is 0 Å². The van der Waals surface area contributed by atoms with Crippen LogP contribution in [0.15, 0.2) is 24.4 Å². The van der Waals surface area contributed by atoms with Crippen LogP contribution in [0.5, 0.6) is 5.75 Å². The Kier molecular flexibility index (Phi) is 3.05. The van der Waals surface area contributed by atoms with Gasteiger partial charge in [-0.1, -0.05) is 12.8 Å². The van der Waals surface area contributed by atoms with Crippen molar-refractivity contribution in [1.82, 2.24) is 4.57 Å². The second-order valence-electron chi connectivity index (χ2n) is 5.38. The molecule has 2 aromatic rings. The number of aromatic nitrogens is 1. The lowest BCUT2D eigenvalue weighted by molar-refractivity contribution is 0.0924. The maximum absolute atomic E-state index is 12.6. The number of benzene rings is 1. The first-order valence-corrected chi connectivity index (χ1v) is 6.88. The number of aryl methyl sites for hydroxylation is 1. The van der Waals surface area contributed by atoms with E-state index >= 15 is 0 Å². The highest BCUT2D eigenvalue weighted by atomic mass is 16.5. The van der Waals surface area contributed by atoms with E-state index in [4.69, 9.17) is 4.74 Å². The Morgan fingerprint density at radius 2 is 2.05 bits per heavy atom. The van der Waals surface area contributed by atoms with Crippen molar-refractivity contribution in [3.8, 4) is 5.75 Å². The SMILES string of the molecule is COc1ccc2c(c1)c(C(=O)C1CCCC1)cn2C. The Morgan fingerprint density at radius 3 is 2.74 bits per heavy atom. The lowest BCUT2D eigenvalue weighted by Gasteiger charge is -2.07. The number of methoxy groups -OCH3 is 1. The van der Waals surface area contributed by atoms with Crippen LogP contribution >= 0.6 is 0 Å². The van der Waals surface area contributed by atoms with Gasteiger partial charge in [0, 0.05) is 35.6 Å². The van der Waals surface area contributed by atoms with Gasteiger partial charge in [-0.2, -0.15) is 0 Å². The number of hydrogen-bond donors (Lipinski definition) is 0. The average molecular weight is 257 g/mol. The number of carbonyl (C=O) groups excluding carboxylic acids is 1. The highest BCUT2D eigenvalue weighted by Gasteiger charge is 2.26. The first-order valence-electron chi connectivity index (χ1n) is 6.88. The van der Waals surface area contributed by atoms with Crippen molar-refractivity contribution in [1.29, 1.82) is 0 Å². The molecule has 0 amide bonds. The average Bonchev–Trinajstić information content (AvgIpc) is 3.06. The van der Waals surface area contributed by atoms with E-state index in [1.54, 1.807) is 7.11 Å². The summed E-state index contributed by atoms with van der Waals surface area (Å²) in [4.78, 5) is 12.6. The van der Waals surface area contributed by atoms with Crippen LogP contribution in [0.1, 0.15) is 36.0 Å². The summed E-state index contributed by atoms with van der Waals surface area (Å²) in [5.41, 5.74) is 1.94. The molecule has 1 aromatic carbocycles. The molecule has 0 spiro atoms. The molecular weight excluding hydrogens is 238 g/mol. The van der Waals surface area contributed by atoms with Gasteiger partial charge in [-0.25, -0.2) is 0 Å². The first kappa shape index (κ1) is 12.3. The molecule has 3 rings (SSSR count). The van der Waals surface area contributed by atoms with Crippen molar-refractivity contribution in [3.05, 3.63) is 30.0 Å². The van der Waals surface area contributed by atoms with Gasteiger partial charge < -0.3 is 9.30 Å². The highest BCUT2D eigenvalue weighted by molar-refractivity contribution is 6.09. The summed E-state index contributed by atoms with van der Waals surface area (Å²) < 4.78 is 7.30. The number of rotatable bonds is 3. The van der Waals surface area contributed by atoms with Gasteiger partial charge in [0.15, 0.2) is 5.78 Å². The molecule has 1 aromatic heterocycles. The molecule has 0 N–H and O–H groups in total. The van der Waals surface area contributed by atoms with E-state index in [1.165, 1.54) is 12.8 Å². The number of ketones is 1. The minimum atomic E-state index is 0.219. The molecule has 1 saturated carbocycles. The third-order valence-electron chi connectivity index (χ3n) is 4.19. The normalized spacial score (nSPS) is 16.1. The van der Waals surface area contributed by atoms with Crippen LogP contribution in [0.2, 0.25) is 0 Å². The van der Waals surface area contributed by atoms with Gasteiger partial charge in [0.2, 0.25) is 0 Å². The lowest BCUT2D eigenvalue weighted by atomic mass is 9.96. The van der Waals surface area contributed by atoms with Crippen molar-refractivity contribution in [2.75, 3.05) is 7.11 Å². The van der Waals surface area contributed by atoms with Gasteiger partial charge >= 0.3 is 0 Å². The number of hydrogen-bond acceptors (Lipinski definition) is 2. The van der Waals surface area contributed by atoms with Crippen LogP contribution in [0, 0.1) is 5.92 Å². The third kappa shape index (κ3) is 2.03.